The molecule has 0 fully saturated rings. The van der Waals surface area contributed by atoms with Crippen molar-refractivity contribution in [2.75, 3.05) is 12.4 Å². The normalized spacial score (nSPS) is 10.1. The fourth-order valence-corrected chi connectivity index (χ4v) is 2.22. The summed E-state index contributed by atoms with van der Waals surface area (Å²) in [5.41, 5.74) is 4.53. The Labute approximate surface area is 110 Å². The molecule has 5 heteroatoms. The van der Waals surface area contributed by atoms with Crippen molar-refractivity contribution in [2.24, 2.45) is 0 Å². The van der Waals surface area contributed by atoms with Gasteiger partial charge in [-0.1, -0.05) is 0 Å². The first kappa shape index (κ1) is 12.6. The molecule has 1 heterocycles. The molecule has 0 bridgehead atoms. The van der Waals surface area contributed by atoms with E-state index in [1.54, 1.807) is 11.7 Å². The second-order valence-electron chi connectivity index (χ2n) is 3.93. The van der Waals surface area contributed by atoms with E-state index in [2.05, 4.69) is 15.6 Å². The van der Waals surface area contributed by atoms with Gasteiger partial charge < -0.3 is 10.6 Å². The predicted octanol–water partition coefficient (Wildman–Crippen LogP) is 2.42. The molecule has 0 spiro atoms. The summed E-state index contributed by atoms with van der Waals surface area (Å²) in [7, 11) is 1.87. The van der Waals surface area contributed by atoms with Gasteiger partial charge in [-0.2, -0.15) is 0 Å². The van der Waals surface area contributed by atoms with Crippen LogP contribution in [0.1, 0.15) is 20.8 Å². The van der Waals surface area contributed by atoms with Gasteiger partial charge in [-0.25, -0.2) is 0 Å². The number of carbonyl (C=O) groups excluding carboxylic acids is 1. The molecule has 0 atom stereocenters. The topological polar surface area (TPSA) is 54.0 Å². The summed E-state index contributed by atoms with van der Waals surface area (Å²) in [5.74, 6) is -0.0610. The molecule has 0 radical (unpaired) electrons. The molecule has 94 valence electrons. The molecule has 1 aromatic heterocycles. The van der Waals surface area contributed by atoms with Gasteiger partial charge in [0.1, 0.15) is 0 Å². The summed E-state index contributed by atoms with van der Waals surface area (Å²) in [6.45, 7) is 2.50. The molecule has 0 unspecified atom stereocenters. The Kier molecular flexibility index (Phi) is 3.94. The van der Waals surface area contributed by atoms with Crippen LogP contribution in [0.3, 0.4) is 0 Å². The van der Waals surface area contributed by atoms with Crippen LogP contribution in [0.2, 0.25) is 0 Å². The van der Waals surface area contributed by atoms with Crippen LogP contribution in [-0.4, -0.2) is 17.9 Å². The fraction of sp³-hybridized carbons (Fsp3) is 0.231. The van der Waals surface area contributed by atoms with Crippen LogP contribution < -0.4 is 10.6 Å². The van der Waals surface area contributed by atoms with E-state index >= 15 is 0 Å². The van der Waals surface area contributed by atoms with Crippen molar-refractivity contribution in [3.05, 3.63) is 45.9 Å². The zero-order chi connectivity index (χ0) is 13.0. The van der Waals surface area contributed by atoms with Crippen LogP contribution in [0.5, 0.6) is 0 Å². The molecule has 0 saturated carbocycles. The molecular weight excluding hydrogens is 246 g/mol. The molecule has 0 aliphatic heterocycles. The van der Waals surface area contributed by atoms with Crippen LogP contribution in [-0.2, 0) is 6.54 Å². The predicted molar refractivity (Wildman–Crippen MR) is 74.0 cm³/mol. The Morgan fingerprint density at radius 2 is 2.28 bits per heavy atom. The highest BCUT2D eigenvalue weighted by Crippen LogP contribution is 2.15. The first-order valence-electron chi connectivity index (χ1n) is 5.64. The number of aryl methyl sites for hydroxylation is 1. The summed E-state index contributed by atoms with van der Waals surface area (Å²) in [6.07, 6.45) is 1.76. The second-order valence-corrected chi connectivity index (χ2v) is 4.90. The number of hydrogen-bond acceptors (Lipinski definition) is 4. The van der Waals surface area contributed by atoms with Crippen molar-refractivity contribution in [3.63, 3.8) is 0 Å². The number of rotatable bonds is 4. The third kappa shape index (κ3) is 2.87. The Balaban J connectivity index is 2.02. The standard InChI is InChI=1S/C13H15N3OS/c1-9-5-10(3-4-12(9)14-2)13(17)16-7-11-6-15-8-18-11/h3-6,8,14H,7H2,1-2H3,(H,16,17). The summed E-state index contributed by atoms with van der Waals surface area (Å²) < 4.78 is 0. The van der Waals surface area contributed by atoms with Crippen LogP contribution in [0, 0.1) is 6.92 Å². The van der Waals surface area contributed by atoms with Gasteiger partial charge in [0.15, 0.2) is 0 Å². The lowest BCUT2D eigenvalue weighted by Crippen LogP contribution is -2.22. The number of benzene rings is 1. The van der Waals surface area contributed by atoms with Gasteiger partial charge >= 0.3 is 0 Å². The number of nitrogens with one attached hydrogen (secondary N) is 2. The Bertz CT molecular complexity index is 537. The Hall–Kier alpha value is -1.88. The molecule has 2 rings (SSSR count). The number of carbonyl (C=O) groups is 1. The summed E-state index contributed by atoms with van der Waals surface area (Å²) in [4.78, 5) is 17.0. The van der Waals surface area contributed by atoms with E-state index in [1.807, 2.05) is 32.2 Å². The monoisotopic (exact) mass is 261 g/mol. The maximum absolute atomic E-state index is 11.9. The van der Waals surface area contributed by atoms with Gasteiger partial charge in [0, 0.05) is 29.4 Å². The summed E-state index contributed by atoms with van der Waals surface area (Å²) in [5, 5.41) is 5.95. The highest BCUT2D eigenvalue weighted by atomic mass is 32.1. The molecule has 2 N–H and O–H groups in total. The summed E-state index contributed by atoms with van der Waals surface area (Å²) in [6, 6.07) is 5.62. The summed E-state index contributed by atoms with van der Waals surface area (Å²) >= 11 is 1.53. The number of nitrogens with zero attached hydrogens (tertiary/aromatic N) is 1. The largest absolute Gasteiger partial charge is 0.388 e. The third-order valence-electron chi connectivity index (χ3n) is 2.66. The van der Waals surface area contributed by atoms with E-state index in [0.717, 1.165) is 16.1 Å². The molecule has 0 aliphatic carbocycles. The van der Waals surface area contributed by atoms with Gasteiger partial charge in [-0.05, 0) is 30.7 Å². The zero-order valence-electron chi connectivity index (χ0n) is 10.4. The Morgan fingerprint density at radius 1 is 1.44 bits per heavy atom. The maximum Gasteiger partial charge on any atom is 0.251 e. The van der Waals surface area contributed by atoms with Gasteiger partial charge in [-0.15, -0.1) is 11.3 Å². The van der Waals surface area contributed by atoms with Crippen molar-refractivity contribution < 1.29 is 4.79 Å². The quantitative estimate of drug-likeness (QED) is 0.888. The molecule has 4 nitrogen and oxygen atoms in total. The van der Waals surface area contributed by atoms with Crippen molar-refractivity contribution in [3.8, 4) is 0 Å². The molecular formula is C13H15N3OS. The highest BCUT2D eigenvalue weighted by molar-refractivity contribution is 7.09. The van der Waals surface area contributed by atoms with E-state index in [-0.39, 0.29) is 5.91 Å². The zero-order valence-corrected chi connectivity index (χ0v) is 11.2. The lowest BCUT2D eigenvalue weighted by molar-refractivity contribution is 0.0951. The van der Waals surface area contributed by atoms with E-state index in [0.29, 0.717) is 12.1 Å². The highest BCUT2D eigenvalue weighted by Gasteiger charge is 2.07. The molecule has 1 aromatic carbocycles. The van der Waals surface area contributed by atoms with Crippen LogP contribution in [0.25, 0.3) is 0 Å². The average Bonchev–Trinajstić information content (AvgIpc) is 2.89. The third-order valence-corrected chi connectivity index (χ3v) is 3.44. The van der Waals surface area contributed by atoms with Crippen LogP contribution >= 0.6 is 11.3 Å². The molecule has 2 aromatic rings. The number of anilines is 1. The van der Waals surface area contributed by atoms with Gasteiger partial charge in [0.05, 0.1) is 12.1 Å². The average molecular weight is 261 g/mol. The molecule has 0 saturated heterocycles. The van der Waals surface area contributed by atoms with Gasteiger partial charge in [0.2, 0.25) is 0 Å². The fourth-order valence-electron chi connectivity index (χ4n) is 1.68. The van der Waals surface area contributed by atoms with Gasteiger partial charge in [-0.3, -0.25) is 9.78 Å². The van der Waals surface area contributed by atoms with Crippen molar-refractivity contribution in [1.29, 1.82) is 0 Å². The molecule has 1 amide bonds. The number of hydrogen-bond donors (Lipinski definition) is 2. The van der Waals surface area contributed by atoms with Gasteiger partial charge in [0.25, 0.3) is 5.91 Å². The molecule has 18 heavy (non-hydrogen) atoms. The first-order valence-corrected chi connectivity index (χ1v) is 6.52. The maximum atomic E-state index is 11.9. The van der Waals surface area contributed by atoms with E-state index in [1.165, 1.54) is 11.3 Å². The minimum Gasteiger partial charge on any atom is -0.388 e. The SMILES string of the molecule is CNc1ccc(C(=O)NCc2cncs2)cc1C. The van der Waals surface area contributed by atoms with Crippen LogP contribution in [0.4, 0.5) is 5.69 Å². The van der Waals surface area contributed by atoms with Crippen molar-refractivity contribution in [1.82, 2.24) is 10.3 Å². The smallest absolute Gasteiger partial charge is 0.251 e. The minimum absolute atomic E-state index is 0.0610. The number of aromatic nitrogens is 1. The first-order chi connectivity index (χ1) is 8.70. The van der Waals surface area contributed by atoms with Crippen LogP contribution in [0.15, 0.2) is 29.9 Å². The number of amides is 1. The second kappa shape index (κ2) is 5.64. The van der Waals surface area contributed by atoms with E-state index in [9.17, 15) is 4.79 Å². The van der Waals surface area contributed by atoms with E-state index in [4.69, 9.17) is 0 Å². The Morgan fingerprint density at radius 3 is 2.89 bits per heavy atom. The van der Waals surface area contributed by atoms with E-state index < -0.39 is 0 Å². The lowest BCUT2D eigenvalue weighted by Gasteiger charge is -2.08. The van der Waals surface area contributed by atoms with Crippen molar-refractivity contribution >= 4 is 22.9 Å². The lowest BCUT2D eigenvalue weighted by atomic mass is 10.1. The number of thiazole rings is 1. The molecule has 0 aliphatic rings. The van der Waals surface area contributed by atoms with Crippen molar-refractivity contribution in [2.45, 2.75) is 13.5 Å². The minimum atomic E-state index is -0.0610.